The molecule has 2 nitrogen and oxygen atoms in total. The number of benzene rings is 2. The van der Waals surface area contributed by atoms with Gasteiger partial charge in [0.05, 0.1) is 8.95 Å². The Morgan fingerprint density at radius 3 is 2.42 bits per heavy atom. The maximum atomic E-state index is 9.68. The Labute approximate surface area is 133 Å². The van der Waals surface area contributed by atoms with Crippen LogP contribution in [0.3, 0.4) is 0 Å². The summed E-state index contributed by atoms with van der Waals surface area (Å²) in [7, 11) is 0. The zero-order chi connectivity index (χ0) is 13.8. The Balaban J connectivity index is 2.15. The lowest BCUT2D eigenvalue weighted by atomic mass is 10.2. The first-order valence-electron chi connectivity index (χ1n) is 5.65. The van der Waals surface area contributed by atoms with E-state index in [1.165, 1.54) is 4.90 Å². The van der Waals surface area contributed by atoms with Crippen LogP contribution >= 0.6 is 43.6 Å². The Morgan fingerprint density at radius 1 is 1.16 bits per heavy atom. The third-order valence-electron chi connectivity index (χ3n) is 2.67. The normalized spacial score (nSPS) is 10.5. The van der Waals surface area contributed by atoms with Crippen LogP contribution in [0.1, 0.15) is 5.56 Å². The molecule has 2 rings (SSSR count). The van der Waals surface area contributed by atoms with Crippen LogP contribution in [0.4, 0.5) is 5.69 Å². The van der Waals surface area contributed by atoms with Crippen molar-refractivity contribution in [1.29, 1.82) is 0 Å². The predicted octanol–water partition coefficient (Wildman–Crippen LogP) is 5.25. The van der Waals surface area contributed by atoms with Gasteiger partial charge in [-0.05, 0) is 67.9 Å². The molecule has 0 spiro atoms. The van der Waals surface area contributed by atoms with E-state index in [0.29, 0.717) is 15.5 Å². The number of rotatable bonds is 4. The van der Waals surface area contributed by atoms with Crippen molar-refractivity contribution in [1.82, 2.24) is 0 Å². The van der Waals surface area contributed by atoms with E-state index >= 15 is 0 Å². The summed E-state index contributed by atoms with van der Waals surface area (Å²) in [6.07, 6.45) is 2.06. The van der Waals surface area contributed by atoms with Crippen LogP contribution in [0.15, 0.2) is 50.2 Å². The average Bonchev–Trinajstić information content (AvgIpc) is 2.42. The van der Waals surface area contributed by atoms with Gasteiger partial charge in [-0.25, -0.2) is 0 Å². The van der Waals surface area contributed by atoms with E-state index in [0.717, 1.165) is 11.3 Å². The first kappa shape index (κ1) is 14.8. The molecule has 0 aromatic heterocycles. The summed E-state index contributed by atoms with van der Waals surface area (Å²) in [6, 6.07) is 12.0. The molecule has 0 aliphatic carbocycles. The summed E-state index contributed by atoms with van der Waals surface area (Å²) in [5.41, 5.74) is 2.21. The van der Waals surface area contributed by atoms with Gasteiger partial charge in [0.25, 0.3) is 0 Å². The summed E-state index contributed by atoms with van der Waals surface area (Å²) in [5, 5.41) is 13.1. The lowest BCUT2D eigenvalue weighted by molar-refractivity contribution is 0.468. The number of anilines is 1. The second-order valence-electron chi connectivity index (χ2n) is 3.96. The molecular formula is C14H13Br2NOS. The lowest BCUT2D eigenvalue weighted by Gasteiger charge is -2.11. The quantitative estimate of drug-likeness (QED) is 0.684. The minimum atomic E-state index is 0.230. The van der Waals surface area contributed by atoms with Crippen molar-refractivity contribution >= 4 is 49.3 Å². The molecule has 0 saturated heterocycles. The van der Waals surface area contributed by atoms with Gasteiger partial charge in [0.2, 0.25) is 0 Å². The van der Waals surface area contributed by atoms with Crippen LogP contribution < -0.4 is 5.32 Å². The zero-order valence-corrected chi connectivity index (χ0v) is 14.3. The molecule has 0 fully saturated rings. The molecule has 0 saturated carbocycles. The Morgan fingerprint density at radius 2 is 1.79 bits per heavy atom. The van der Waals surface area contributed by atoms with Gasteiger partial charge in [0.1, 0.15) is 5.75 Å². The zero-order valence-electron chi connectivity index (χ0n) is 10.3. The molecule has 5 heteroatoms. The molecule has 0 radical (unpaired) electrons. The van der Waals surface area contributed by atoms with E-state index in [-0.39, 0.29) is 5.75 Å². The first-order valence-corrected chi connectivity index (χ1v) is 8.46. The summed E-state index contributed by atoms with van der Waals surface area (Å²) >= 11 is 8.40. The predicted molar refractivity (Wildman–Crippen MR) is 89.1 cm³/mol. The number of nitrogens with one attached hydrogen (secondary N) is 1. The Hall–Kier alpha value is -0.650. The van der Waals surface area contributed by atoms with Gasteiger partial charge < -0.3 is 10.4 Å². The van der Waals surface area contributed by atoms with Crippen LogP contribution in [0.25, 0.3) is 0 Å². The highest BCUT2D eigenvalue weighted by Gasteiger charge is 2.06. The van der Waals surface area contributed by atoms with Crippen molar-refractivity contribution in [3.63, 3.8) is 0 Å². The number of hydrogen-bond donors (Lipinski definition) is 2. The van der Waals surface area contributed by atoms with Crippen LogP contribution in [0.2, 0.25) is 0 Å². The van der Waals surface area contributed by atoms with E-state index in [2.05, 4.69) is 55.6 Å². The fraction of sp³-hybridized carbons (Fsp3) is 0.143. The summed E-state index contributed by atoms with van der Waals surface area (Å²) in [4.78, 5) is 1.22. The summed E-state index contributed by atoms with van der Waals surface area (Å²) < 4.78 is 1.38. The van der Waals surface area contributed by atoms with Crippen LogP contribution in [0.5, 0.6) is 5.75 Å². The molecule has 0 aliphatic heterocycles. The van der Waals surface area contributed by atoms with Crippen molar-refractivity contribution in [2.45, 2.75) is 11.4 Å². The molecule has 0 heterocycles. The van der Waals surface area contributed by atoms with Crippen molar-refractivity contribution in [3.05, 3.63) is 50.9 Å². The number of para-hydroxylation sites is 1. The van der Waals surface area contributed by atoms with Crippen molar-refractivity contribution in [2.75, 3.05) is 11.6 Å². The SMILES string of the molecule is CSc1ccccc1NCc1cc(Br)c(O)c(Br)c1. The van der Waals surface area contributed by atoms with Crippen LogP contribution in [-0.2, 0) is 6.54 Å². The van der Waals surface area contributed by atoms with E-state index in [1.807, 2.05) is 24.3 Å². The van der Waals surface area contributed by atoms with Crippen molar-refractivity contribution < 1.29 is 5.11 Å². The molecule has 0 atom stereocenters. The van der Waals surface area contributed by atoms with E-state index in [4.69, 9.17) is 0 Å². The maximum Gasteiger partial charge on any atom is 0.143 e. The van der Waals surface area contributed by atoms with Gasteiger partial charge >= 0.3 is 0 Å². The molecule has 2 aromatic rings. The molecule has 2 aromatic carbocycles. The van der Waals surface area contributed by atoms with Crippen LogP contribution in [-0.4, -0.2) is 11.4 Å². The monoisotopic (exact) mass is 401 g/mol. The Kier molecular flexibility index (Phi) is 5.19. The third kappa shape index (κ3) is 3.68. The number of hydrogen-bond acceptors (Lipinski definition) is 3. The van der Waals surface area contributed by atoms with Gasteiger partial charge in [0, 0.05) is 17.1 Å². The minimum absolute atomic E-state index is 0.230. The van der Waals surface area contributed by atoms with Gasteiger partial charge in [-0.1, -0.05) is 12.1 Å². The van der Waals surface area contributed by atoms with Crippen molar-refractivity contribution in [2.24, 2.45) is 0 Å². The van der Waals surface area contributed by atoms with Gasteiger partial charge in [-0.15, -0.1) is 11.8 Å². The highest BCUT2D eigenvalue weighted by molar-refractivity contribution is 9.11. The second kappa shape index (κ2) is 6.68. The fourth-order valence-electron chi connectivity index (χ4n) is 1.71. The summed E-state index contributed by atoms with van der Waals surface area (Å²) in [5.74, 6) is 0.230. The number of aromatic hydroxyl groups is 1. The highest BCUT2D eigenvalue weighted by Crippen LogP contribution is 2.33. The molecule has 0 unspecified atom stereocenters. The van der Waals surface area contributed by atoms with Gasteiger partial charge in [0.15, 0.2) is 0 Å². The molecular weight excluding hydrogens is 390 g/mol. The lowest BCUT2D eigenvalue weighted by Crippen LogP contribution is -2.00. The Bertz CT molecular complexity index is 566. The standard InChI is InChI=1S/C14H13Br2NOS/c1-19-13-5-3-2-4-12(13)17-8-9-6-10(15)14(18)11(16)7-9/h2-7,17-18H,8H2,1H3. The van der Waals surface area contributed by atoms with Gasteiger partial charge in [-0.2, -0.15) is 0 Å². The molecule has 19 heavy (non-hydrogen) atoms. The number of phenolic OH excluding ortho intramolecular Hbond substituents is 1. The molecule has 0 bridgehead atoms. The molecule has 0 aliphatic rings. The fourth-order valence-corrected chi connectivity index (χ4v) is 3.56. The van der Waals surface area contributed by atoms with E-state index < -0.39 is 0 Å². The second-order valence-corrected chi connectivity index (χ2v) is 6.52. The van der Waals surface area contributed by atoms with Gasteiger partial charge in [-0.3, -0.25) is 0 Å². The van der Waals surface area contributed by atoms with E-state index in [1.54, 1.807) is 11.8 Å². The maximum absolute atomic E-state index is 9.68. The average molecular weight is 403 g/mol. The molecule has 0 amide bonds. The molecule has 2 N–H and O–H groups in total. The highest BCUT2D eigenvalue weighted by atomic mass is 79.9. The third-order valence-corrected chi connectivity index (χ3v) is 4.67. The first-order chi connectivity index (χ1) is 9.11. The van der Waals surface area contributed by atoms with E-state index in [9.17, 15) is 5.11 Å². The number of halogens is 2. The number of phenols is 1. The summed E-state index contributed by atoms with van der Waals surface area (Å²) in [6.45, 7) is 0.703. The largest absolute Gasteiger partial charge is 0.506 e. The minimum Gasteiger partial charge on any atom is -0.506 e. The van der Waals surface area contributed by atoms with Crippen LogP contribution in [0, 0.1) is 0 Å². The topological polar surface area (TPSA) is 32.3 Å². The molecule has 100 valence electrons. The van der Waals surface area contributed by atoms with Crippen molar-refractivity contribution in [3.8, 4) is 5.75 Å². The number of thioether (sulfide) groups is 1. The smallest absolute Gasteiger partial charge is 0.143 e.